The zero-order valence-corrected chi connectivity index (χ0v) is 13.9. The number of hydrogen-bond donors (Lipinski definition) is 0. The molecule has 22 heavy (non-hydrogen) atoms. The molecule has 3 rings (SSSR count). The summed E-state index contributed by atoms with van der Waals surface area (Å²) >= 11 is 5.60. The minimum atomic E-state index is -3.06. The predicted molar refractivity (Wildman–Crippen MR) is 91.2 cm³/mol. The van der Waals surface area contributed by atoms with Crippen molar-refractivity contribution < 1.29 is 13.2 Å². The summed E-state index contributed by atoms with van der Waals surface area (Å²) in [6.45, 7) is 4.29. The molecule has 2 aliphatic heterocycles. The van der Waals surface area contributed by atoms with Crippen LogP contribution in [-0.4, -0.2) is 55.7 Å². The summed E-state index contributed by atoms with van der Waals surface area (Å²) in [5, 5.41) is 0.634. The zero-order chi connectivity index (χ0) is 15.9. The van der Waals surface area contributed by atoms with E-state index in [2.05, 4.69) is 6.58 Å². The maximum Gasteiger partial charge on any atom is 0.177 e. The van der Waals surface area contributed by atoms with Crippen molar-refractivity contribution >= 4 is 32.9 Å². The van der Waals surface area contributed by atoms with Gasteiger partial charge in [0, 0.05) is 6.54 Å². The van der Waals surface area contributed by atoms with Gasteiger partial charge in [0.05, 0.1) is 36.4 Å². The van der Waals surface area contributed by atoms with Crippen molar-refractivity contribution in [1.82, 2.24) is 4.90 Å². The van der Waals surface area contributed by atoms with Crippen LogP contribution in [0.15, 0.2) is 36.9 Å². The Balaban J connectivity index is 2.06. The molecule has 0 radical (unpaired) electrons. The number of nitrogens with zero attached hydrogens (tertiary/aromatic N) is 2. The Bertz CT molecular complexity index is 717. The molecule has 0 spiro atoms. The summed E-state index contributed by atoms with van der Waals surface area (Å²) in [5.74, 6) is 0.939. The van der Waals surface area contributed by atoms with Gasteiger partial charge in [-0.2, -0.15) is 0 Å². The van der Waals surface area contributed by atoms with Gasteiger partial charge in [-0.05, 0) is 24.4 Å². The molecule has 2 unspecified atom stereocenters. The highest BCUT2D eigenvalue weighted by Gasteiger charge is 2.52. The molecule has 0 aromatic heterocycles. The summed E-state index contributed by atoms with van der Waals surface area (Å²) in [7, 11) is -1.46. The molecule has 1 aromatic carbocycles. The van der Waals surface area contributed by atoms with Crippen molar-refractivity contribution in [2.24, 2.45) is 0 Å². The van der Waals surface area contributed by atoms with E-state index in [1.54, 1.807) is 13.2 Å². The molecule has 2 heterocycles. The van der Waals surface area contributed by atoms with Crippen molar-refractivity contribution in [2.75, 3.05) is 30.1 Å². The molecule has 0 saturated carbocycles. The third-order valence-corrected chi connectivity index (χ3v) is 6.28. The fourth-order valence-electron chi connectivity index (χ4n) is 3.24. The Morgan fingerprint density at radius 3 is 2.73 bits per heavy atom. The predicted octanol–water partition coefficient (Wildman–Crippen LogP) is 1.45. The number of anilines is 1. The largest absolute Gasteiger partial charge is 0.495 e. The fourth-order valence-corrected chi connectivity index (χ4v) is 5.63. The van der Waals surface area contributed by atoms with Crippen LogP contribution in [0.4, 0.5) is 5.69 Å². The first-order valence-corrected chi connectivity index (χ1v) is 9.25. The van der Waals surface area contributed by atoms with Gasteiger partial charge < -0.3 is 14.5 Å². The van der Waals surface area contributed by atoms with Crippen molar-refractivity contribution in [1.29, 1.82) is 0 Å². The van der Waals surface area contributed by atoms with E-state index in [4.69, 9.17) is 17.0 Å². The summed E-state index contributed by atoms with van der Waals surface area (Å²) < 4.78 is 29.6. The van der Waals surface area contributed by atoms with Crippen LogP contribution in [0.5, 0.6) is 5.75 Å². The highest BCUT2D eigenvalue weighted by atomic mass is 32.2. The molecule has 0 amide bonds. The van der Waals surface area contributed by atoms with E-state index >= 15 is 0 Å². The van der Waals surface area contributed by atoms with Crippen LogP contribution in [0, 0.1) is 0 Å². The highest BCUT2D eigenvalue weighted by molar-refractivity contribution is 7.91. The molecule has 2 saturated heterocycles. The van der Waals surface area contributed by atoms with Crippen LogP contribution in [0.3, 0.4) is 0 Å². The standard InChI is InChI=1S/C15H18N2O3S2/c1-3-8-16-12-9-22(18,19)10-13(12)17(15(16)21)11-6-4-5-7-14(11)20-2/h3-7,12-13H,1,8-10H2,2H3. The van der Waals surface area contributed by atoms with E-state index in [-0.39, 0.29) is 23.6 Å². The number of hydrogen-bond acceptors (Lipinski definition) is 4. The molecule has 2 aliphatic rings. The van der Waals surface area contributed by atoms with Crippen LogP contribution >= 0.6 is 12.2 Å². The van der Waals surface area contributed by atoms with E-state index in [1.165, 1.54) is 0 Å². The highest BCUT2D eigenvalue weighted by Crippen LogP contribution is 2.39. The second-order valence-corrected chi connectivity index (χ2v) is 8.00. The van der Waals surface area contributed by atoms with Crippen LogP contribution in [0.2, 0.25) is 0 Å². The summed E-state index contributed by atoms with van der Waals surface area (Å²) in [5.41, 5.74) is 0.814. The van der Waals surface area contributed by atoms with E-state index in [1.807, 2.05) is 34.1 Å². The first kappa shape index (κ1) is 15.3. The van der Waals surface area contributed by atoms with Gasteiger partial charge in [0.1, 0.15) is 5.75 Å². The Hall–Kier alpha value is -1.60. The number of para-hydroxylation sites is 2. The third-order valence-electron chi connectivity index (χ3n) is 4.15. The van der Waals surface area contributed by atoms with Crippen LogP contribution in [0.25, 0.3) is 0 Å². The average molecular weight is 338 g/mol. The first-order valence-electron chi connectivity index (χ1n) is 7.02. The van der Waals surface area contributed by atoms with Gasteiger partial charge in [0.15, 0.2) is 14.9 Å². The van der Waals surface area contributed by atoms with Gasteiger partial charge in [-0.15, -0.1) is 6.58 Å². The Kier molecular flexibility index (Phi) is 3.86. The van der Waals surface area contributed by atoms with Gasteiger partial charge in [-0.1, -0.05) is 18.2 Å². The number of thiocarbonyl (C=S) groups is 1. The van der Waals surface area contributed by atoms with Crippen molar-refractivity contribution in [3.8, 4) is 5.75 Å². The molecule has 0 N–H and O–H groups in total. The molecule has 1 aromatic rings. The Morgan fingerprint density at radius 2 is 2.05 bits per heavy atom. The van der Waals surface area contributed by atoms with E-state index in [0.717, 1.165) is 5.69 Å². The first-order chi connectivity index (χ1) is 10.5. The average Bonchev–Trinajstić information content (AvgIpc) is 2.91. The molecule has 2 atom stereocenters. The van der Waals surface area contributed by atoms with Crippen LogP contribution < -0.4 is 9.64 Å². The van der Waals surface area contributed by atoms with Gasteiger partial charge >= 0.3 is 0 Å². The van der Waals surface area contributed by atoms with Gasteiger partial charge in [0.2, 0.25) is 0 Å². The van der Waals surface area contributed by atoms with Gasteiger partial charge in [-0.3, -0.25) is 0 Å². The third kappa shape index (κ3) is 2.38. The maximum atomic E-state index is 12.1. The van der Waals surface area contributed by atoms with Crippen LogP contribution in [0.1, 0.15) is 0 Å². The lowest BCUT2D eigenvalue weighted by atomic mass is 10.1. The maximum absolute atomic E-state index is 12.1. The lowest BCUT2D eigenvalue weighted by Gasteiger charge is -2.26. The van der Waals surface area contributed by atoms with Crippen molar-refractivity contribution in [3.63, 3.8) is 0 Å². The molecule has 0 bridgehead atoms. The number of methoxy groups -OCH3 is 1. The van der Waals surface area contributed by atoms with E-state index in [9.17, 15) is 8.42 Å². The second kappa shape index (κ2) is 5.55. The molecule has 7 heteroatoms. The lowest BCUT2D eigenvalue weighted by molar-refractivity contribution is 0.388. The zero-order valence-electron chi connectivity index (χ0n) is 12.3. The van der Waals surface area contributed by atoms with Crippen molar-refractivity contribution in [3.05, 3.63) is 36.9 Å². The summed E-state index contributed by atoms with van der Waals surface area (Å²) in [6.07, 6.45) is 1.75. The minimum Gasteiger partial charge on any atom is -0.495 e. The molecule has 118 valence electrons. The van der Waals surface area contributed by atoms with Gasteiger partial charge in [0.25, 0.3) is 0 Å². The van der Waals surface area contributed by atoms with Crippen LogP contribution in [-0.2, 0) is 9.84 Å². The molecular formula is C15H18N2O3S2. The summed E-state index contributed by atoms with van der Waals surface area (Å²) in [6, 6.07) is 7.24. The normalized spacial score (nSPS) is 26.1. The number of sulfone groups is 1. The Morgan fingerprint density at radius 1 is 1.36 bits per heavy atom. The van der Waals surface area contributed by atoms with Gasteiger partial charge in [-0.25, -0.2) is 8.42 Å². The Labute approximate surface area is 136 Å². The summed E-state index contributed by atoms with van der Waals surface area (Å²) in [4.78, 5) is 3.87. The van der Waals surface area contributed by atoms with Crippen molar-refractivity contribution in [2.45, 2.75) is 12.1 Å². The lowest BCUT2D eigenvalue weighted by Crippen LogP contribution is -2.37. The number of ether oxygens (including phenoxy) is 1. The smallest absolute Gasteiger partial charge is 0.177 e. The van der Waals surface area contributed by atoms with E-state index < -0.39 is 9.84 Å². The topological polar surface area (TPSA) is 49.9 Å². The number of benzene rings is 1. The molecular weight excluding hydrogens is 320 g/mol. The minimum absolute atomic E-state index is 0.115. The SMILES string of the molecule is C=CCN1C(=S)N(c2ccccc2OC)C2CS(=O)(=O)CC21. The monoisotopic (exact) mass is 338 g/mol. The molecule has 5 nitrogen and oxygen atoms in total. The molecule has 0 aliphatic carbocycles. The quantitative estimate of drug-likeness (QED) is 0.612. The molecule has 2 fully saturated rings. The fraction of sp³-hybridized carbons (Fsp3) is 0.400. The number of rotatable bonds is 4. The van der Waals surface area contributed by atoms with E-state index in [0.29, 0.717) is 17.4 Å². The number of fused-ring (bicyclic) bond motifs is 1. The second-order valence-electron chi connectivity index (χ2n) is 5.48.